The van der Waals surface area contributed by atoms with Gasteiger partial charge >= 0.3 is 5.97 Å². The molecule has 1 saturated heterocycles. The van der Waals surface area contributed by atoms with Crippen LogP contribution in [0.5, 0.6) is 11.5 Å². The minimum atomic E-state index is -1.07. The van der Waals surface area contributed by atoms with Gasteiger partial charge in [-0.2, -0.15) is 0 Å². The number of amides is 1. The van der Waals surface area contributed by atoms with Crippen molar-refractivity contribution in [1.82, 2.24) is 5.32 Å². The molecule has 3 N–H and O–H groups in total. The number of hydrogen-bond acceptors (Lipinski definition) is 6. The van der Waals surface area contributed by atoms with Crippen LogP contribution in [-0.4, -0.2) is 35.7 Å². The van der Waals surface area contributed by atoms with Crippen molar-refractivity contribution in [2.24, 2.45) is 0 Å². The first kappa shape index (κ1) is 24.3. The molecule has 174 valence electrons. The van der Waals surface area contributed by atoms with Crippen molar-refractivity contribution in [2.75, 3.05) is 18.5 Å². The maximum atomic E-state index is 12.6. The van der Waals surface area contributed by atoms with Gasteiger partial charge in [0.05, 0.1) is 11.5 Å². The Morgan fingerprint density at radius 2 is 2.00 bits per heavy atom. The van der Waals surface area contributed by atoms with Crippen LogP contribution < -0.4 is 20.1 Å². The van der Waals surface area contributed by atoms with Crippen molar-refractivity contribution in [2.45, 2.75) is 32.2 Å². The van der Waals surface area contributed by atoms with E-state index in [1.807, 2.05) is 25.1 Å². The lowest BCUT2D eigenvalue weighted by atomic mass is 10.0. The Kier molecular flexibility index (Phi) is 8.43. The van der Waals surface area contributed by atoms with Crippen molar-refractivity contribution >= 4 is 35.4 Å². The molecule has 1 aliphatic heterocycles. The number of aryl methyl sites for hydroxylation is 1. The van der Waals surface area contributed by atoms with Crippen molar-refractivity contribution < 1.29 is 24.2 Å². The second kappa shape index (κ2) is 11.5. The standard InChI is InChI=1S/C25H28N2O5S/c1-4-7-18-12-17(13-20(31-6-3)23(18)32-15-22(28)29)14-21-24(30)27-25(33-21)26-19-10-8-16(5-2)9-11-19/h4,8-14,25-26H,1,5-7,15H2,2-3H3,(H,27,30)(H,28,29)/b21-14-/t25-/m1/s1. The van der Waals surface area contributed by atoms with Crippen LogP contribution in [0.3, 0.4) is 0 Å². The molecular formula is C25H28N2O5S. The number of thioether (sulfide) groups is 1. The summed E-state index contributed by atoms with van der Waals surface area (Å²) >= 11 is 1.39. The van der Waals surface area contributed by atoms with Crippen LogP contribution in [0.2, 0.25) is 0 Å². The summed E-state index contributed by atoms with van der Waals surface area (Å²) in [4.78, 5) is 24.1. The van der Waals surface area contributed by atoms with Crippen LogP contribution in [0.15, 0.2) is 54.0 Å². The molecule has 0 aliphatic carbocycles. The third-order valence-electron chi connectivity index (χ3n) is 4.85. The highest BCUT2D eigenvalue weighted by molar-refractivity contribution is 8.05. The van der Waals surface area contributed by atoms with Crippen LogP contribution >= 0.6 is 11.8 Å². The highest BCUT2D eigenvalue weighted by Gasteiger charge is 2.27. The predicted molar refractivity (Wildman–Crippen MR) is 132 cm³/mol. The molecule has 1 heterocycles. The number of nitrogens with one attached hydrogen (secondary N) is 2. The average Bonchev–Trinajstić information content (AvgIpc) is 3.12. The Bertz CT molecular complexity index is 1050. The largest absolute Gasteiger partial charge is 0.490 e. The Morgan fingerprint density at radius 1 is 1.24 bits per heavy atom. The van der Waals surface area contributed by atoms with E-state index in [4.69, 9.17) is 14.6 Å². The summed E-state index contributed by atoms with van der Waals surface area (Å²) in [5, 5.41) is 15.2. The molecule has 0 unspecified atom stereocenters. The summed E-state index contributed by atoms with van der Waals surface area (Å²) in [5.41, 5.74) is 3.38. The number of benzene rings is 2. The molecule has 7 nitrogen and oxygen atoms in total. The highest BCUT2D eigenvalue weighted by Crippen LogP contribution is 2.36. The van der Waals surface area contributed by atoms with Crippen LogP contribution in [0.1, 0.15) is 30.5 Å². The number of carboxylic acids is 1. The van der Waals surface area contributed by atoms with Crippen LogP contribution in [0, 0.1) is 0 Å². The van der Waals surface area contributed by atoms with Crippen LogP contribution in [0.4, 0.5) is 5.69 Å². The number of carbonyl (C=O) groups is 2. The van der Waals surface area contributed by atoms with Gasteiger partial charge in [0.25, 0.3) is 5.91 Å². The lowest BCUT2D eigenvalue weighted by Crippen LogP contribution is -2.30. The molecule has 0 aromatic heterocycles. The van der Waals surface area contributed by atoms with Crippen molar-refractivity contribution in [1.29, 1.82) is 0 Å². The number of rotatable bonds is 11. The Hall–Kier alpha value is -3.39. The van der Waals surface area contributed by atoms with E-state index < -0.39 is 12.6 Å². The number of hydrogen-bond donors (Lipinski definition) is 3. The maximum absolute atomic E-state index is 12.6. The molecular weight excluding hydrogens is 440 g/mol. The van der Waals surface area contributed by atoms with Gasteiger partial charge in [0.2, 0.25) is 0 Å². The zero-order valence-corrected chi connectivity index (χ0v) is 19.5. The fourth-order valence-corrected chi connectivity index (χ4v) is 4.32. The normalized spacial score (nSPS) is 16.4. The second-order valence-corrected chi connectivity index (χ2v) is 8.44. The van der Waals surface area contributed by atoms with E-state index in [1.165, 1.54) is 17.3 Å². The lowest BCUT2D eigenvalue weighted by Gasteiger charge is -2.16. The second-order valence-electron chi connectivity index (χ2n) is 7.29. The number of carbonyl (C=O) groups excluding carboxylic acids is 1. The molecule has 33 heavy (non-hydrogen) atoms. The third-order valence-corrected chi connectivity index (χ3v) is 5.88. The van der Waals surface area contributed by atoms with E-state index in [0.717, 1.165) is 23.2 Å². The lowest BCUT2D eigenvalue weighted by molar-refractivity contribution is -0.139. The molecule has 3 rings (SSSR count). The van der Waals surface area contributed by atoms with E-state index in [-0.39, 0.29) is 11.4 Å². The van der Waals surface area contributed by atoms with Gasteiger partial charge in [-0.05, 0) is 61.2 Å². The van der Waals surface area contributed by atoms with Gasteiger partial charge in [-0.1, -0.05) is 36.9 Å². The predicted octanol–water partition coefficient (Wildman–Crippen LogP) is 4.44. The Balaban J connectivity index is 1.83. The topological polar surface area (TPSA) is 96.9 Å². The zero-order chi connectivity index (χ0) is 23.8. The first-order valence-corrected chi connectivity index (χ1v) is 11.6. The van der Waals surface area contributed by atoms with Crippen LogP contribution in [0.25, 0.3) is 6.08 Å². The van der Waals surface area contributed by atoms with Gasteiger partial charge in [-0.15, -0.1) is 6.58 Å². The van der Waals surface area contributed by atoms with Crippen molar-refractivity contribution in [3.8, 4) is 11.5 Å². The van der Waals surface area contributed by atoms with E-state index >= 15 is 0 Å². The minimum Gasteiger partial charge on any atom is -0.490 e. The molecule has 1 aliphatic rings. The fourth-order valence-electron chi connectivity index (χ4n) is 3.34. The van der Waals surface area contributed by atoms with E-state index in [1.54, 1.807) is 18.2 Å². The Labute approximate surface area is 197 Å². The summed E-state index contributed by atoms with van der Waals surface area (Å²) < 4.78 is 11.2. The zero-order valence-electron chi connectivity index (χ0n) is 18.7. The molecule has 1 fully saturated rings. The van der Waals surface area contributed by atoms with Crippen molar-refractivity contribution in [3.05, 3.63) is 70.6 Å². The van der Waals surface area contributed by atoms with E-state index in [0.29, 0.717) is 29.4 Å². The number of aliphatic carboxylic acids is 1. The first-order chi connectivity index (χ1) is 15.9. The van der Waals surface area contributed by atoms with Crippen molar-refractivity contribution in [3.63, 3.8) is 0 Å². The summed E-state index contributed by atoms with van der Waals surface area (Å²) in [6.07, 6.45) is 4.93. The number of allylic oxidation sites excluding steroid dienone is 1. The molecule has 0 radical (unpaired) electrons. The smallest absolute Gasteiger partial charge is 0.341 e. The fraction of sp³-hybridized carbons (Fsp3) is 0.280. The van der Waals surface area contributed by atoms with Gasteiger partial charge in [0.1, 0.15) is 0 Å². The molecule has 2 aromatic carbocycles. The molecule has 1 atom stereocenters. The number of anilines is 1. The molecule has 0 spiro atoms. The molecule has 8 heteroatoms. The first-order valence-electron chi connectivity index (χ1n) is 10.7. The number of carboxylic acid groups (broad SMARTS) is 1. The van der Waals surface area contributed by atoms with Gasteiger partial charge in [0, 0.05) is 11.3 Å². The van der Waals surface area contributed by atoms with Gasteiger partial charge < -0.3 is 25.2 Å². The Morgan fingerprint density at radius 3 is 2.64 bits per heavy atom. The van der Waals surface area contributed by atoms with E-state index in [9.17, 15) is 9.59 Å². The monoisotopic (exact) mass is 468 g/mol. The summed E-state index contributed by atoms with van der Waals surface area (Å²) in [7, 11) is 0. The maximum Gasteiger partial charge on any atom is 0.341 e. The minimum absolute atomic E-state index is 0.169. The summed E-state index contributed by atoms with van der Waals surface area (Å²) in [6.45, 7) is 7.62. The third kappa shape index (κ3) is 6.55. The molecule has 2 aromatic rings. The molecule has 0 saturated carbocycles. The summed E-state index contributed by atoms with van der Waals surface area (Å²) in [5.74, 6) is -0.439. The van der Waals surface area contributed by atoms with Gasteiger partial charge in [0.15, 0.2) is 23.6 Å². The summed E-state index contributed by atoms with van der Waals surface area (Å²) in [6, 6.07) is 11.7. The van der Waals surface area contributed by atoms with Gasteiger partial charge in [-0.3, -0.25) is 4.79 Å². The average molecular weight is 469 g/mol. The SMILES string of the molecule is C=CCc1cc(/C=C2\S[C@H](Nc3ccc(CC)cc3)NC2=O)cc(OCC)c1OCC(=O)O. The molecule has 0 bridgehead atoms. The van der Waals surface area contributed by atoms with Gasteiger partial charge in [-0.25, -0.2) is 4.79 Å². The van der Waals surface area contributed by atoms with E-state index in [2.05, 4.69) is 36.3 Å². The molecule has 1 amide bonds. The van der Waals surface area contributed by atoms with Crippen LogP contribution in [-0.2, 0) is 22.4 Å². The quantitative estimate of drug-likeness (QED) is 0.331. The highest BCUT2D eigenvalue weighted by atomic mass is 32.2. The number of ether oxygens (including phenoxy) is 2.